The van der Waals surface area contributed by atoms with Crippen LogP contribution in [0.4, 0.5) is 4.79 Å². The molecule has 1 N–H and O–H groups in total. The van der Waals surface area contributed by atoms with Gasteiger partial charge in [-0.3, -0.25) is 0 Å². The Hall–Kier alpha value is -1.30. The largest absolute Gasteiger partial charge is 0.479 e. The Morgan fingerprint density at radius 2 is 1.78 bits per heavy atom. The molecule has 0 aliphatic carbocycles. The lowest BCUT2D eigenvalue weighted by Gasteiger charge is -2.46. The normalized spacial score (nSPS) is 24.2. The molecule has 6 nitrogen and oxygen atoms in total. The van der Waals surface area contributed by atoms with Gasteiger partial charge in [-0.15, -0.1) is 0 Å². The number of hydrogen-bond donors (Lipinski definition) is 1. The van der Waals surface area contributed by atoms with E-state index in [1.807, 2.05) is 34.6 Å². The van der Waals surface area contributed by atoms with Gasteiger partial charge in [-0.05, 0) is 39.0 Å². The highest BCUT2D eigenvalue weighted by molar-refractivity contribution is 5.73. The van der Waals surface area contributed by atoms with Gasteiger partial charge in [0.15, 0.2) is 6.10 Å². The molecule has 0 saturated carbocycles. The fraction of sp³-hybridized carbons (Fsp3) is 0.882. The van der Waals surface area contributed by atoms with Crippen molar-refractivity contribution in [2.45, 2.75) is 59.7 Å². The molecule has 134 valence electrons. The van der Waals surface area contributed by atoms with E-state index in [4.69, 9.17) is 9.47 Å². The Balaban J connectivity index is 2.79. The van der Waals surface area contributed by atoms with Crippen molar-refractivity contribution >= 4 is 12.1 Å². The molecule has 1 amide bonds. The summed E-state index contributed by atoms with van der Waals surface area (Å²) in [6.07, 6.45) is -0.425. The molecule has 1 heterocycles. The van der Waals surface area contributed by atoms with Crippen molar-refractivity contribution in [1.29, 1.82) is 0 Å². The smallest absolute Gasteiger partial charge is 0.410 e. The maximum Gasteiger partial charge on any atom is 0.410 e. The first-order valence-corrected chi connectivity index (χ1v) is 8.13. The van der Waals surface area contributed by atoms with Crippen LogP contribution in [0.1, 0.15) is 48.0 Å². The minimum atomic E-state index is -0.945. The predicted molar refractivity (Wildman–Crippen MR) is 87.3 cm³/mol. The minimum Gasteiger partial charge on any atom is -0.479 e. The van der Waals surface area contributed by atoms with Crippen molar-refractivity contribution in [3.05, 3.63) is 0 Å². The average molecular weight is 329 g/mol. The van der Waals surface area contributed by atoms with Crippen molar-refractivity contribution < 1.29 is 24.2 Å². The molecule has 1 rings (SSSR count). The van der Waals surface area contributed by atoms with Crippen LogP contribution in [-0.2, 0) is 14.3 Å². The predicted octanol–water partition coefficient (Wildman–Crippen LogP) is 3.01. The number of carbonyl (C=O) groups excluding carboxylic acids is 1. The van der Waals surface area contributed by atoms with Crippen LogP contribution in [0, 0.1) is 17.3 Å². The molecule has 1 aliphatic heterocycles. The molecule has 1 saturated heterocycles. The maximum absolute atomic E-state index is 12.2. The van der Waals surface area contributed by atoms with Crippen LogP contribution in [0.5, 0.6) is 0 Å². The second kappa shape index (κ2) is 7.07. The molecule has 1 aliphatic rings. The van der Waals surface area contributed by atoms with Crippen LogP contribution >= 0.6 is 0 Å². The molecule has 0 aromatic carbocycles. The number of methoxy groups -OCH3 is 1. The molecule has 0 spiro atoms. The van der Waals surface area contributed by atoms with Crippen LogP contribution in [0.3, 0.4) is 0 Å². The summed E-state index contributed by atoms with van der Waals surface area (Å²) in [5.41, 5.74) is -1.03. The zero-order valence-electron chi connectivity index (χ0n) is 15.4. The number of ether oxygens (including phenoxy) is 2. The van der Waals surface area contributed by atoms with E-state index in [1.54, 1.807) is 4.90 Å². The molecule has 3 atom stereocenters. The number of carboxylic acids is 1. The Kier molecular flexibility index (Phi) is 6.07. The summed E-state index contributed by atoms with van der Waals surface area (Å²) in [5.74, 6) is -0.621. The van der Waals surface area contributed by atoms with Crippen LogP contribution in [0.2, 0.25) is 0 Å². The quantitative estimate of drug-likeness (QED) is 0.858. The number of piperidine rings is 1. The average Bonchev–Trinajstić information content (AvgIpc) is 2.35. The number of nitrogens with zero attached hydrogens (tertiary/aromatic N) is 1. The Morgan fingerprint density at radius 1 is 1.22 bits per heavy atom. The summed E-state index contributed by atoms with van der Waals surface area (Å²) in [5, 5.41) is 9.38. The van der Waals surface area contributed by atoms with E-state index in [9.17, 15) is 14.7 Å². The van der Waals surface area contributed by atoms with Crippen LogP contribution < -0.4 is 0 Å². The van der Waals surface area contributed by atoms with Gasteiger partial charge >= 0.3 is 12.1 Å². The van der Waals surface area contributed by atoms with E-state index in [0.717, 1.165) is 6.42 Å². The van der Waals surface area contributed by atoms with E-state index >= 15 is 0 Å². The van der Waals surface area contributed by atoms with E-state index in [-0.39, 0.29) is 17.9 Å². The summed E-state index contributed by atoms with van der Waals surface area (Å²) in [7, 11) is 1.43. The summed E-state index contributed by atoms with van der Waals surface area (Å²) in [6, 6.07) is 0. The second-order valence-corrected chi connectivity index (χ2v) is 8.07. The number of aliphatic carboxylic acids is 1. The molecule has 0 bridgehead atoms. The zero-order valence-corrected chi connectivity index (χ0v) is 15.4. The SMILES string of the molecule is COC(C(=O)O)C(C)(C)C1CCN(C(=O)OC(C)(C)C)CC1C. The van der Waals surface area contributed by atoms with Crippen molar-refractivity contribution in [2.75, 3.05) is 20.2 Å². The highest BCUT2D eigenvalue weighted by Crippen LogP contribution is 2.42. The first-order valence-electron chi connectivity index (χ1n) is 8.13. The van der Waals surface area contributed by atoms with E-state index in [0.29, 0.717) is 13.1 Å². The van der Waals surface area contributed by atoms with Crippen molar-refractivity contribution in [1.82, 2.24) is 4.90 Å². The first-order chi connectivity index (χ1) is 10.4. The van der Waals surface area contributed by atoms with Crippen molar-refractivity contribution in [3.8, 4) is 0 Å². The lowest BCUT2D eigenvalue weighted by molar-refractivity contribution is -0.161. The van der Waals surface area contributed by atoms with Gasteiger partial charge in [0.25, 0.3) is 0 Å². The summed E-state index contributed by atoms with van der Waals surface area (Å²) in [6.45, 7) is 12.6. The number of rotatable bonds is 4. The lowest BCUT2D eigenvalue weighted by Crippen LogP contribution is -2.52. The van der Waals surface area contributed by atoms with E-state index < -0.39 is 23.1 Å². The van der Waals surface area contributed by atoms with Crippen LogP contribution in [-0.4, -0.2) is 54.0 Å². The Morgan fingerprint density at radius 3 is 2.17 bits per heavy atom. The van der Waals surface area contributed by atoms with Gasteiger partial charge in [0.2, 0.25) is 0 Å². The third-order valence-electron chi connectivity index (χ3n) is 4.65. The number of hydrogen-bond acceptors (Lipinski definition) is 4. The van der Waals surface area contributed by atoms with Gasteiger partial charge < -0.3 is 19.5 Å². The molecule has 1 fully saturated rings. The van der Waals surface area contributed by atoms with Gasteiger partial charge in [-0.1, -0.05) is 20.8 Å². The van der Waals surface area contributed by atoms with Gasteiger partial charge in [-0.2, -0.15) is 0 Å². The first kappa shape index (κ1) is 19.7. The molecule has 0 aromatic heterocycles. The molecule has 0 radical (unpaired) electrons. The highest BCUT2D eigenvalue weighted by atomic mass is 16.6. The number of carboxylic acid groups (broad SMARTS) is 1. The topological polar surface area (TPSA) is 76.1 Å². The highest BCUT2D eigenvalue weighted by Gasteiger charge is 2.46. The van der Waals surface area contributed by atoms with Crippen molar-refractivity contribution in [2.24, 2.45) is 17.3 Å². The van der Waals surface area contributed by atoms with Gasteiger partial charge in [0.1, 0.15) is 5.60 Å². The Bertz CT molecular complexity index is 441. The zero-order chi connectivity index (χ0) is 18.0. The fourth-order valence-corrected chi connectivity index (χ4v) is 3.66. The molecule has 0 aromatic rings. The molecular formula is C17H31NO5. The number of likely N-dealkylation sites (tertiary alicyclic amines) is 1. The minimum absolute atomic E-state index is 0.155. The van der Waals surface area contributed by atoms with Gasteiger partial charge in [-0.25, -0.2) is 9.59 Å². The second-order valence-electron chi connectivity index (χ2n) is 8.07. The third-order valence-corrected chi connectivity index (χ3v) is 4.65. The number of carbonyl (C=O) groups is 2. The summed E-state index contributed by atoms with van der Waals surface area (Å²) >= 11 is 0. The van der Waals surface area contributed by atoms with Crippen molar-refractivity contribution in [3.63, 3.8) is 0 Å². The lowest BCUT2D eigenvalue weighted by atomic mass is 9.66. The molecule has 3 unspecified atom stereocenters. The van der Waals surface area contributed by atoms with E-state index in [1.165, 1.54) is 7.11 Å². The van der Waals surface area contributed by atoms with Gasteiger partial charge in [0, 0.05) is 25.6 Å². The standard InChI is InChI=1S/C17H31NO5/c1-11-10-18(15(21)23-16(2,3)4)9-8-12(11)17(5,6)13(22-7)14(19)20/h11-13H,8-10H2,1-7H3,(H,19,20). The summed E-state index contributed by atoms with van der Waals surface area (Å²) < 4.78 is 10.6. The Labute approximate surface area is 139 Å². The molecule has 23 heavy (non-hydrogen) atoms. The fourth-order valence-electron chi connectivity index (χ4n) is 3.66. The van der Waals surface area contributed by atoms with E-state index in [2.05, 4.69) is 6.92 Å². The maximum atomic E-state index is 12.2. The monoisotopic (exact) mass is 329 g/mol. The van der Waals surface area contributed by atoms with Crippen LogP contribution in [0.15, 0.2) is 0 Å². The van der Waals surface area contributed by atoms with Gasteiger partial charge in [0.05, 0.1) is 0 Å². The van der Waals surface area contributed by atoms with Crippen LogP contribution in [0.25, 0.3) is 0 Å². The molecular weight excluding hydrogens is 298 g/mol. The number of amides is 1. The third kappa shape index (κ3) is 4.83. The molecule has 6 heteroatoms. The summed E-state index contributed by atoms with van der Waals surface area (Å²) in [4.78, 5) is 25.4.